The molecule has 0 spiro atoms. The Morgan fingerprint density at radius 3 is 1.55 bits per heavy atom. The second-order valence-electron chi connectivity index (χ2n) is 27.2. The standard InChI is InChI=1S/C65H75BN2O/c1-38-29-44-47(64(13,14)27-25-61(44,7)8)35-51(38)68-53-37-57-42(41-19-17-18-20-56(41)69-57)33-49(53)66-50-34-46-48(65(15,16)28-26-63(46,11)12)36-52(50)67(54-30-39(59(2,3)4)31-55(68)58(54)66)40-21-22-43-45(32-40)62(9,10)24-23-60(43,5)6/h17-22,29-37H,23-28H2,1-16H3/i17D,18D,19D,20D. The highest BCUT2D eigenvalue weighted by Gasteiger charge is 2.49. The third kappa shape index (κ3) is 6.44. The molecule has 2 aliphatic heterocycles. The van der Waals surface area contributed by atoms with E-state index in [-0.39, 0.29) is 74.4 Å². The zero-order valence-electron chi connectivity index (χ0n) is 48.5. The fourth-order valence-electron chi connectivity index (χ4n) is 13.7. The number of nitrogens with zero attached hydrogens (tertiary/aromatic N) is 2. The number of furan rings is 1. The second-order valence-corrected chi connectivity index (χ2v) is 27.2. The largest absolute Gasteiger partial charge is 0.456 e. The number of hydrogen-bond acceptors (Lipinski definition) is 3. The average molecular weight is 915 g/mol. The fraction of sp³-hybridized carbons (Fsp3) is 0.446. The number of rotatable bonds is 2. The van der Waals surface area contributed by atoms with Crippen molar-refractivity contribution in [1.29, 1.82) is 0 Å². The van der Waals surface area contributed by atoms with E-state index in [9.17, 15) is 1.37 Å². The van der Waals surface area contributed by atoms with Crippen LogP contribution in [-0.2, 0) is 37.9 Å². The minimum absolute atomic E-state index is 0.00657. The van der Waals surface area contributed by atoms with E-state index >= 15 is 0 Å². The van der Waals surface area contributed by atoms with E-state index in [2.05, 4.69) is 187 Å². The van der Waals surface area contributed by atoms with Gasteiger partial charge in [0.2, 0.25) is 0 Å². The molecule has 354 valence electrons. The smallest absolute Gasteiger partial charge is 0.252 e. The summed E-state index contributed by atoms with van der Waals surface area (Å²) in [7, 11) is 0. The van der Waals surface area contributed by atoms with E-state index in [1.807, 2.05) is 0 Å². The molecule has 3 aliphatic carbocycles. The molecule has 0 bridgehead atoms. The molecule has 0 fully saturated rings. The van der Waals surface area contributed by atoms with E-state index in [1.54, 1.807) is 0 Å². The maximum Gasteiger partial charge on any atom is 0.252 e. The molecule has 5 aliphatic rings. The summed E-state index contributed by atoms with van der Waals surface area (Å²) in [6.45, 7) is 38.2. The van der Waals surface area contributed by atoms with E-state index in [4.69, 9.17) is 8.53 Å². The van der Waals surface area contributed by atoms with Gasteiger partial charge in [-0.25, -0.2) is 0 Å². The van der Waals surface area contributed by atoms with Crippen molar-refractivity contribution in [1.82, 2.24) is 0 Å². The van der Waals surface area contributed by atoms with Gasteiger partial charge in [0, 0.05) is 51.0 Å². The average Bonchev–Trinajstić information content (AvgIpc) is 3.69. The van der Waals surface area contributed by atoms with Crippen molar-refractivity contribution in [3.8, 4) is 0 Å². The van der Waals surface area contributed by atoms with Crippen LogP contribution in [0, 0.1) is 6.92 Å². The lowest BCUT2D eigenvalue weighted by molar-refractivity contribution is 0.332. The van der Waals surface area contributed by atoms with Crippen LogP contribution in [0.1, 0.15) is 192 Å². The van der Waals surface area contributed by atoms with Gasteiger partial charge in [-0.05, 0) is 187 Å². The summed E-state index contributed by atoms with van der Waals surface area (Å²) in [5.74, 6) is 0. The zero-order chi connectivity index (χ0) is 52.4. The van der Waals surface area contributed by atoms with Crippen LogP contribution in [0.5, 0.6) is 0 Å². The summed E-state index contributed by atoms with van der Waals surface area (Å²) in [4.78, 5) is 5.19. The van der Waals surface area contributed by atoms with Gasteiger partial charge in [-0.2, -0.15) is 0 Å². The molecule has 0 atom stereocenters. The highest BCUT2D eigenvalue weighted by Crippen LogP contribution is 2.55. The first-order chi connectivity index (χ1) is 33.8. The molecule has 0 N–H and O–H groups in total. The van der Waals surface area contributed by atoms with Gasteiger partial charge in [0.05, 0.1) is 5.48 Å². The van der Waals surface area contributed by atoms with Gasteiger partial charge in [0.25, 0.3) is 6.71 Å². The minimum Gasteiger partial charge on any atom is -0.456 e. The lowest BCUT2D eigenvalue weighted by atomic mass is 9.33. The molecule has 0 amide bonds. The Bertz CT molecular complexity index is 3600. The summed E-state index contributed by atoms with van der Waals surface area (Å²) < 4.78 is 42.7. The molecule has 0 saturated heterocycles. The Hall–Kier alpha value is -5.22. The van der Waals surface area contributed by atoms with E-state index in [0.29, 0.717) is 16.4 Å². The molecule has 7 aromatic rings. The van der Waals surface area contributed by atoms with Crippen LogP contribution in [0.15, 0.2) is 95.3 Å². The number of anilines is 6. The second kappa shape index (κ2) is 14.0. The summed E-state index contributed by atoms with van der Waals surface area (Å²) in [6, 6.07) is 26.2. The summed E-state index contributed by atoms with van der Waals surface area (Å²) in [6.07, 6.45) is 6.72. The first-order valence-electron chi connectivity index (χ1n) is 28.1. The molecule has 0 radical (unpaired) electrons. The highest BCUT2D eigenvalue weighted by atomic mass is 16.3. The van der Waals surface area contributed by atoms with Crippen LogP contribution in [0.25, 0.3) is 21.9 Å². The number of hydrogen-bond donors (Lipinski definition) is 0. The van der Waals surface area contributed by atoms with E-state index in [1.165, 1.54) is 72.5 Å². The number of aryl methyl sites for hydroxylation is 1. The van der Waals surface area contributed by atoms with Crippen LogP contribution < -0.4 is 26.2 Å². The number of para-hydroxylation sites is 1. The van der Waals surface area contributed by atoms with Crippen molar-refractivity contribution in [3.63, 3.8) is 0 Å². The Labute approximate surface area is 419 Å². The van der Waals surface area contributed by atoms with Crippen molar-refractivity contribution < 1.29 is 9.90 Å². The van der Waals surface area contributed by atoms with Gasteiger partial charge in [0.15, 0.2) is 0 Å². The van der Waals surface area contributed by atoms with Gasteiger partial charge in [-0.15, -0.1) is 0 Å². The molecule has 1 aromatic heterocycles. The predicted molar refractivity (Wildman–Crippen MR) is 297 cm³/mol. The number of benzene rings is 6. The summed E-state index contributed by atoms with van der Waals surface area (Å²) in [5, 5.41) is 1.15. The van der Waals surface area contributed by atoms with E-state index < -0.39 is 0 Å². The van der Waals surface area contributed by atoms with Gasteiger partial charge >= 0.3 is 0 Å². The van der Waals surface area contributed by atoms with Gasteiger partial charge in [-0.3, -0.25) is 0 Å². The van der Waals surface area contributed by atoms with Crippen molar-refractivity contribution in [2.24, 2.45) is 0 Å². The lowest BCUT2D eigenvalue weighted by Gasteiger charge is -2.48. The quantitative estimate of drug-likeness (QED) is 0.161. The molecule has 6 aromatic carbocycles. The van der Waals surface area contributed by atoms with Gasteiger partial charge in [-0.1, -0.05) is 146 Å². The maximum absolute atomic E-state index is 9.34. The van der Waals surface area contributed by atoms with Gasteiger partial charge in [0.1, 0.15) is 11.2 Å². The van der Waals surface area contributed by atoms with Crippen molar-refractivity contribution in [3.05, 3.63) is 135 Å². The molecule has 12 rings (SSSR count). The third-order valence-corrected chi connectivity index (χ3v) is 18.6. The van der Waals surface area contributed by atoms with E-state index in [0.717, 1.165) is 61.0 Å². The minimum atomic E-state index is -0.282. The van der Waals surface area contributed by atoms with Crippen molar-refractivity contribution in [2.45, 2.75) is 187 Å². The molecule has 3 heterocycles. The summed E-state index contributed by atoms with van der Waals surface area (Å²) in [5.41, 5.74) is 22.0. The Kier molecular flexibility index (Phi) is 8.23. The first-order valence-corrected chi connectivity index (χ1v) is 26.1. The Morgan fingerprint density at radius 1 is 0.478 bits per heavy atom. The third-order valence-electron chi connectivity index (χ3n) is 18.6. The molecule has 0 unspecified atom stereocenters. The van der Waals surface area contributed by atoms with Crippen LogP contribution in [0.3, 0.4) is 0 Å². The highest BCUT2D eigenvalue weighted by molar-refractivity contribution is 7.00. The fourth-order valence-corrected chi connectivity index (χ4v) is 13.7. The first kappa shape index (κ1) is 40.5. The molecular weight excluding hydrogens is 836 g/mol. The van der Waals surface area contributed by atoms with Crippen LogP contribution in [-0.4, -0.2) is 6.71 Å². The molecule has 0 saturated carbocycles. The Morgan fingerprint density at radius 2 is 0.957 bits per heavy atom. The summed E-state index contributed by atoms with van der Waals surface area (Å²) >= 11 is 0. The zero-order valence-corrected chi connectivity index (χ0v) is 44.5. The molecule has 4 heteroatoms. The van der Waals surface area contributed by atoms with Crippen molar-refractivity contribution >= 4 is 79.2 Å². The van der Waals surface area contributed by atoms with Gasteiger partial charge < -0.3 is 14.2 Å². The van der Waals surface area contributed by atoms with Crippen LogP contribution in [0.2, 0.25) is 0 Å². The predicted octanol–water partition coefficient (Wildman–Crippen LogP) is 16.3. The topological polar surface area (TPSA) is 19.6 Å². The van der Waals surface area contributed by atoms with Crippen LogP contribution >= 0.6 is 0 Å². The lowest BCUT2D eigenvalue weighted by Crippen LogP contribution is -2.62. The molecular formula is C65H75BN2O. The molecule has 3 nitrogen and oxygen atoms in total. The Balaban J connectivity index is 1.27. The maximum atomic E-state index is 9.34. The normalized spacial score (nSPS) is 21.5. The molecule has 69 heavy (non-hydrogen) atoms. The monoisotopic (exact) mass is 915 g/mol. The number of fused-ring (bicyclic) bond motifs is 10. The van der Waals surface area contributed by atoms with Crippen molar-refractivity contribution in [2.75, 3.05) is 9.80 Å². The SMILES string of the molecule is [2H]c1c([2H])c([2H])c2c(oc3cc4c(cc32)B2c3cc5c(cc3N(c3ccc6c(c3)C(C)(C)CCC6(C)C)c3cc(C(C)(C)C)cc(c32)N4c2cc3c(cc2C)C(C)(C)CCC3(C)C)C(C)(C)CCC5(C)C)c1[2H]. The van der Waals surface area contributed by atoms with Crippen LogP contribution in [0.4, 0.5) is 34.1 Å².